The Kier molecular flexibility index (Phi) is 7.34. The van der Waals surface area contributed by atoms with Crippen LogP contribution in [0.1, 0.15) is 26.3 Å². The van der Waals surface area contributed by atoms with E-state index in [-0.39, 0.29) is 23.4 Å². The lowest BCUT2D eigenvalue weighted by atomic mass is 10.0. The Morgan fingerprint density at radius 3 is 2.06 bits per heavy atom. The predicted octanol–water partition coefficient (Wildman–Crippen LogP) is 6.28. The third-order valence-electron chi connectivity index (χ3n) is 5.29. The van der Waals surface area contributed by atoms with Crippen LogP contribution in [0, 0.1) is 17.5 Å². The van der Waals surface area contributed by atoms with E-state index in [4.69, 9.17) is 4.74 Å². The Morgan fingerprint density at radius 2 is 1.42 bits per heavy atom. The van der Waals surface area contributed by atoms with Crippen LogP contribution in [0.4, 0.5) is 13.2 Å². The molecule has 4 aromatic rings. The number of carbonyl (C=O) groups is 2. The molecule has 36 heavy (non-hydrogen) atoms. The zero-order chi connectivity index (χ0) is 25.7. The zero-order valence-corrected chi connectivity index (χ0v) is 19.1. The maximum absolute atomic E-state index is 13.8. The molecule has 182 valence electrons. The van der Waals surface area contributed by atoms with Gasteiger partial charge in [0.15, 0.2) is 0 Å². The summed E-state index contributed by atoms with van der Waals surface area (Å²) in [6.45, 7) is 0.134. The first kappa shape index (κ1) is 24.5. The van der Waals surface area contributed by atoms with Gasteiger partial charge in [0.2, 0.25) is 0 Å². The number of ether oxygens (including phenoxy) is 2. The molecule has 0 unspecified atom stereocenters. The minimum absolute atomic E-state index is 0.104. The van der Waals surface area contributed by atoms with Crippen molar-refractivity contribution >= 4 is 11.9 Å². The average Bonchev–Trinajstić information content (AvgIpc) is 2.88. The van der Waals surface area contributed by atoms with Crippen LogP contribution in [0.5, 0.6) is 11.5 Å². The third kappa shape index (κ3) is 5.90. The molecule has 0 fully saturated rings. The molecule has 0 heterocycles. The van der Waals surface area contributed by atoms with E-state index < -0.39 is 29.3 Å². The second-order valence-corrected chi connectivity index (χ2v) is 7.80. The van der Waals surface area contributed by atoms with Gasteiger partial charge in [-0.1, -0.05) is 18.2 Å². The number of amides is 1. The quantitative estimate of drug-likeness (QED) is 0.309. The van der Waals surface area contributed by atoms with Crippen LogP contribution < -0.4 is 10.1 Å². The van der Waals surface area contributed by atoms with E-state index in [0.717, 1.165) is 23.8 Å². The number of methoxy groups -OCH3 is 1. The second kappa shape index (κ2) is 10.8. The van der Waals surface area contributed by atoms with E-state index in [1.165, 1.54) is 43.5 Å². The van der Waals surface area contributed by atoms with Crippen LogP contribution in [0.25, 0.3) is 11.1 Å². The highest BCUT2D eigenvalue weighted by Crippen LogP contribution is 2.31. The third-order valence-corrected chi connectivity index (χ3v) is 5.29. The number of benzene rings is 4. The highest BCUT2D eigenvalue weighted by Gasteiger charge is 2.16. The molecule has 5 nitrogen and oxygen atoms in total. The molecule has 0 bridgehead atoms. The summed E-state index contributed by atoms with van der Waals surface area (Å²) < 4.78 is 51.3. The van der Waals surface area contributed by atoms with Crippen molar-refractivity contribution in [1.29, 1.82) is 0 Å². The van der Waals surface area contributed by atoms with E-state index in [1.54, 1.807) is 30.3 Å². The van der Waals surface area contributed by atoms with Gasteiger partial charge in [-0.25, -0.2) is 18.0 Å². The maximum atomic E-state index is 13.8. The monoisotopic (exact) mass is 491 g/mol. The molecule has 0 aliphatic carbocycles. The van der Waals surface area contributed by atoms with Crippen LogP contribution in [0.2, 0.25) is 0 Å². The van der Waals surface area contributed by atoms with E-state index in [1.807, 2.05) is 0 Å². The molecular weight excluding hydrogens is 471 g/mol. The minimum Gasteiger partial charge on any atom is -0.465 e. The van der Waals surface area contributed by atoms with Gasteiger partial charge in [0.25, 0.3) is 5.91 Å². The highest BCUT2D eigenvalue weighted by molar-refractivity contribution is 5.98. The van der Waals surface area contributed by atoms with E-state index in [0.29, 0.717) is 16.9 Å². The Hall–Kier alpha value is -4.59. The van der Waals surface area contributed by atoms with E-state index in [9.17, 15) is 22.8 Å². The molecule has 0 aliphatic rings. The van der Waals surface area contributed by atoms with E-state index in [2.05, 4.69) is 10.1 Å². The van der Waals surface area contributed by atoms with Crippen molar-refractivity contribution in [3.63, 3.8) is 0 Å². The SMILES string of the molecule is COC(=O)c1ccc(CNC(=O)c2cc(-c3cc(F)cc(F)c3)ccc2Oc2ccc(F)cc2)cc1. The van der Waals surface area contributed by atoms with Gasteiger partial charge in [-0.3, -0.25) is 4.79 Å². The van der Waals surface area contributed by atoms with Crippen molar-refractivity contribution in [2.45, 2.75) is 6.54 Å². The fourth-order valence-electron chi connectivity index (χ4n) is 3.48. The summed E-state index contributed by atoms with van der Waals surface area (Å²) in [5, 5.41) is 2.77. The van der Waals surface area contributed by atoms with Gasteiger partial charge in [0.1, 0.15) is 29.0 Å². The average molecular weight is 491 g/mol. The van der Waals surface area contributed by atoms with Gasteiger partial charge in [-0.05, 0) is 77.4 Å². The minimum atomic E-state index is -0.752. The number of esters is 1. The summed E-state index contributed by atoms with van der Waals surface area (Å²) in [7, 11) is 1.29. The summed E-state index contributed by atoms with van der Waals surface area (Å²) in [4.78, 5) is 24.7. The standard InChI is InChI=1S/C28H20F3NO4/c1-35-28(34)18-4-2-17(3-5-18)16-32-27(33)25-14-19(20-12-22(30)15-23(31)13-20)6-11-26(25)36-24-9-7-21(29)8-10-24/h2-15H,16H2,1H3,(H,32,33). The number of rotatable bonds is 7. The number of hydrogen-bond acceptors (Lipinski definition) is 4. The maximum Gasteiger partial charge on any atom is 0.337 e. The largest absolute Gasteiger partial charge is 0.465 e. The number of carbonyl (C=O) groups excluding carboxylic acids is 2. The molecular formula is C28H20F3NO4. The molecule has 1 N–H and O–H groups in total. The van der Waals surface area contributed by atoms with Gasteiger partial charge < -0.3 is 14.8 Å². The fourth-order valence-corrected chi connectivity index (χ4v) is 3.48. The van der Waals surface area contributed by atoms with Gasteiger partial charge >= 0.3 is 5.97 Å². The first-order valence-corrected chi connectivity index (χ1v) is 10.8. The fraction of sp³-hybridized carbons (Fsp3) is 0.0714. The molecule has 4 aromatic carbocycles. The number of hydrogen-bond donors (Lipinski definition) is 1. The van der Waals surface area contributed by atoms with Crippen LogP contribution in [0.15, 0.2) is 84.9 Å². The summed E-state index contributed by atoms with van der Waals surface area (Å²) in [5.74, 6) is -2.46. The van der Waals surface area contributed by atoms with Gasteiger partial charge in [-0.2, -0.15) is 0 Å². The molecule has 0 spiro atoms. The van der Waals surface area contributed by atoms with Crippen molar-refractivity contribution in [3.05, 3.63) is 119 Å². The normalized spacial score (nSPS) is 10.6. The van der Waals surface area contributed by atoms with Crippen molar-refractivity contribution in [3.8, 4) is 22.6 Å². The Morgan fingerprint density at radius 1 is 0.750 bits per heavy atom. The van der Waals surface area contributed by atoms with Crippen molar-refractivity contribution in [2.75, 3.05) is 7.11 Å². The van der Waals surface area contributed by atoms with Crippen LogP contribution >= 0.6 is 0 Å². The lowest BCUT2D eigenvalue weighted by Crippen LogP contribution is -2.23. The molecule has 0 radical (unpaired) electrons. The molecule has 8 heteroatoms. The van der Waals surface area contributed by atoms with Crippen LogP contribution in [-0.2, 0) is 11.3 Å². The van der Waals surface area contributed by atoms with Crippen molar-refractivity contribution in [2.24, 2.45) is 0 Å². The highest BCUT2D eigenvalue weighted by atomic mass is 19.1. The van der Waals surface area contributed by atoms with E-state index >= 15 is 0 Å². The lowest BCUT2D eigenvalue weighted by Gasteiger charge is -2.14. The van der Waals surface area contributed by atoms with Gasteiger partial charge in [0, 0.05) is 12.6 Å². The summed E-state index contributed by atoms with van der Waals surface area (Å²) in [6.07, 6.45) is 0. The Labute approximate surface area is 205 Å². The summed E-state index contributed by atoms with van der Waals surface area (Å²) in [5.41, 5.74) is 1.84. The first-order chi connectivity index (χ1) is 17.3. The van der Waals surface area contributed by atoms with Gasteiger partial charge in [0.05, 0.1) is 18.2 Å². The Balaban J connectivity index is 1.62. The molecule has 4 rings (SSSR count). The molecule has 0 saturated heterocycles. The predicted molar refractivity (Wildman–Crippen MR) is 127 cm³/mol. The molecule has 0 saturated carbocycles. The Bertz CT molecular complexity index is 1380. The second-order valence-electron chi connectivity index (χ2n) is 7.80. The van der Waals surface area contributed by atoms with Crippen molar-refractivity contribution in [1.82, 2.24) is 5.32 Å². The lowest BCUT2D eigenvalue weighted by molar-refractivity contribution is 0.0600. The molecule has 0 aliphatic heterocycles. The number of nitrogens with one attached hydrogen (secondary N) is 1. The molecule has 1 amide bonds. The zero-order valence-electron chi connectivity index (χ0n) is 19.1. The topological polar surface area (TPSA) is 64.6 Å². The van der Waals surface area contributed by atoms with Crippen LogP contribution in [0.3, 0.4) is 0 Å². The molecule has 0 aromatic heterocycles. The number of halogens is 3. The van der Waals surface area contributed by atoms with Crippen molar-refractivity contribution < 1.29 is 32.2 Å². The summed E-state index contributed by atoms with van der Waals surface area (Å²) in [6, 6.07) is 19.4. The first-order valence-electron chi connectivity index (χ1n) is 10.8. The molecule has 0 atom stereocenters. The smallest absolute Gasteiger partial charge is 0.337 e. The van der Waals surface area contributed by atoms with Crippen LogP contribution in [-0.4, -0.2) is 19.0 Å². The summed E-state index contributed by atoms with van der Waals surface area (Å²) >= 11 is 0. The van der Waals surface area contributed by atoms with Gasteiger partial charge in [-0.15, -0.1) is 0 Å².